The van der Waals surface area contributed by atoms with E-state index in [0.717, 1.165) is 4.90 Å². The molecule has 6 heteroatoms. The third kappa shape index (κ3) is 2.05. The first kappa shape index (κ1) is 11.8. The topological polar surface area (TPSA) is 37.4 Å². The molecule has 0 N–H and O–H groups in total. The van der Waals surface area contributed by atoms with Crippen LogP contribution in [0.1, 0.15) is 0 Å². The zero-order valence-electron chi connectivity index (χ0n) is 8.07. The molecule has 1 aromatic rings. The highest BCUT2D eigenvalue weighted by Gasteiger charge is 2.30. The van der Waals surface area contributed by atoms with Crippen molar-refractivity contribution in [2.75, 3.05) is 16.4 Å². The van der Waals surface area contributed by atoms with Crippen molar-refractivity contribution in [3.05, 3.63) is 28.2 Å². The second-order valence-corrected chi connectivity index (χ2v) is 4.99. The van der Waals surface area contributed by atoms with Gasteiger partial charge in [0.05, 0.1) is 27.2 Å². The average molecular weight is 276 g/mol. The summed E-state index contributed by atoms with van der Waals surface area (Å²) < 4.78 is 0. The number of para-hydroxylation sites is 1. The minimum Gasteiger partial charge on any atom is -0.273 e. The van der Waals surface area contributed by atoms with E-state index in [2.05, 4.69) is 0 Å². The van der Waals surface area contributed by atoms with Gasteiger partial charge in [-0.3, -0.25) is 9.59 Å². The number of imide groups is 1. The van der Waals surface area contributed by atoms with Crippen LogP contribution in [-0.4, -0.2) is 23.3 Å². The molecule has 1 fully saturated rings. The number of carbonyl (C=O) groups excluding carboxylic acids is 2. The standard InChI is InChI=1S/C10H7Cl2NO2S/c11-6-2-1-3-7(12)10(6)13-8(14)4-16-5-9(13)15/h1-3H,4-5H2. The van der Waals surface area contributed by atoms with Gasteiger partial charge < -0.3 is 0 Å². The molecule has 0 unspecified atom stereocenters. The van der Waals surface area contributed by atoms with Gasteiger partial charge in [-0.1, -0.05) is 29.3 Å². The predicted molar refractivity (Wildman–Crippen MR) is 66.3 cm³/mol. The second kappa shape index (κ2) is 4.65. The molecular formula is C10H7Cl2NO2S. The molecule has 1 aliphatic heterocycles. The fourth-order valence-electron chi connectivity index (χ4n) is 1.45. The number of halogens is 2. The van der Waals surface area contributed by atoms with Crippen molar-refractivity contribution in [2.24, 2.45) is 0 Å². The molecule has 0 saturated carbocycles. The molecule has 1 saturated heterocycles. The van der Waals surface area contributed by atoms with Crippen LogP contribution < -0.4 is 4.90 Å². The molecule has 2 amide bonds. The molecule has 2 rings (SSSR count). The van der Waals surface area contributed by atoms with Crippen LogP contribution in [0.3, 0.4) is 0 Å². The SMILES string of the molecule is O=C1CSCC(=O)N1c1c(Cl)cccc1Cl. The lowest BCUT2D eigenvalue weighted by atomic mass is 10.2. The summed E-state index contributed by atoms with van der Waals surface area (Å²) in [6, 6.07) is 4.87. The van der Waals surface area contributed by atoms with Crippen molar-refractivity contribution in [3.8, 4) is 0 Å². The van der Waals surface area contributed by atoms with Gasteiger partial charge in [-0.2, -0.15) is 0 Å². The van der Waals surface area contributed by atoms with E-state index in [9.17, 15) is 9.59 Å². The maximum atomic E-state index is 11.7. The normalized spacial score (nSPS) is 16.8. The highest BCUT2D eigenvalue weighted by Crippen LogP contribution is 2.35. The molecule has 0 atom stereocenters. The van der Waals surface area contributed by atoms with Crippen molar-refractivity contribution in [1.82, 2.24) is 0 Å². The van der Waals surface area contributed by atoms with E-state index in [-0.39, 0.29) is 23.3 Å². The summed E-state index contributed by atoms with van der Waals surface area (Å²) in [4.78, 5) is 24.4. The first-order valence-corrected chi connectivity index (χ1v) is 6.40. The summed E-state index contributed by atoms with van der Waals surface area (Å²) in [6.07, 6.45) is 0. The molecule has 1 aliphatic rings. The van der Waals surface area contributed by atoms with Gasteiger partial charge in [-0.25, -0.2) is 4.90 Å². The van der Waals surface area contributed by atoms with Gasteiger partial charge in [0.15, 0.2) is 0 Å². The Morgan fingerprint density at radius 1 is 1.06 bits per heavy atom. The molecule has 84 valence electrons. The van der Waals surface area contributed by atoms with Gasteiger partial charge in [0.1, 0.15) is 0 Å². The van der Waals surface area contributed by atoms with Crippen molar-refractivity contribution in [1.29, 1.82) is 0 Å². The third-order valence-corrected chi connectivity index (χ3v) is 3.62. The minimum atomic E-state index is -0.281. The van der Waals surface area contributed by atoms with Gasteiger partial charge >= 0.3 is 0 Å². The number of nitrogens with zero attached hydrogens (tertiary/aromatic N) is 1. The predicted octanol–water partition coefficient (Wildman–Crippen LogP) is 2.60. The maximum absolute atomic E-state index is 11.7. The van der Waals surface area contributed by atoms with E-state index in [4.69, 9.17) is 23.2 Å². The highest BCUT2D eigenvalue weighted by molar-refractivity contribution is 8.00. The maximum Gasteiger partial charge on any atom is 0.243 e. The summed E-state index contributed by atoms with van der Waals surface area (Å²) in [7, 11) is 0. The summed E-state index contributed by atoms with van der Waals surface area (Å²) in [5.41, 5.74) is 0.293. The van der Waals surface area contributed by atoms with E-state index < -0.39 is 0 Å². The molecule has 0 bridgehead atoms. The molecular weight excluding hydrogens is 269 g/mol. The Kier molecular flexibility index (Phi) is 3.42. The van der Waals surface area contributed by atoms with Gasteiger partial charge in [-0.05, 0) is 12.1 Å². The zero-order valence-corrected chi connectivity index (χ0v) is 10.4. The Hall–Kier alpha value is -0.710. The van der Waals surface area contributed by atoms with Gasteiger partial charge in [0.25, 0.3) is 0 Å². The third-order valence-electron chi connectivity index (χ3n) is 2.11. The summed E-state index contributed by atoms with van der Waals surface area (Å²) in [5.74, 6) is -0.0203. The lowest BCUT2D eigenvalue weighted by Gasteiger charge is -2.26. The van der Waals surface area contributed by atoms with Crippen LogP contribution in [0.5, 0.6) is 0 Å². The van der Waals surface area contributed by atoms with Crippen molar-refractivity contribution in [3.63, 3.8) is 0 Å². The quantitative estimate of drug-likeness (QED) is 0.740. The van der Waals surface area contributed by atoms with E-state index >= 15 is 0 Å². The van der Waals surface area contributed by atoms with Crippen LogP contribution in [0.4, 0.5) is 5.69 Å². The minimum absolute atomic E-state index is 0.271. The van der Waals surface area contributed by atoms with Crippen LogP contribution in [-0.2, 0) is 9.59 Å². The first-order chi connectivity index (χ1) is 7.61. The van der Waals surface area contributed by atoms with E-state index in [1.54, 1.807) is 18.2 Å². The van der Waals surface area contributed by atoms with Gasteiger partial charge in [-0.15, -0.1) is 11.8 Å². The number of thioether (sulfide) groups is 1. The molecule has 1 aromatic carbocycles. The fraction of sp³-hybridized carbons (Fsp3) is 0.200. The van der Waals surface area contributed by atoms with E-state index in [1.165, 1.54) is 11.8 Å². The lowest BCUT2D eigenvalue weighted by Crippen LogP contribution is -2.43. The highest BCUT2D eigenvalue weighted by atomic mass is 35.5. The number of anilines is 1. The summed E-state index contributed by atoms with van der Waals surface area (Å²) >= 11 is 13.2. The van der Waals surface area contributed by atoms with Crippen LogP contribution in [0.2, 0.25) is 10.0 Å². The van der Waals surface area contributed by atoms with Crippen LogP contribution in [0.25, 0.3) is 0 Å². The summed E-state index contributed by atoms with van der Waals surface area (Å²) in [6.45, 7) is 0. The lowest BCUT2D eigenvalue weighted by molar-refractivity contribution is -0.124. The van der Waals surface area contributed by atoms with Crippen molar-refractivity contribution in [2.45, 2.75) is 0 Å². The number of hydrogen-bond acceptors (Lipinski definition) is 3. The van der Waals surface area contributed by atoms with Crippen LogP contribution >= 0.6 is 35.0 Å². The smallest absolute Gasteiger partial charge is 0.243 e. The number of benzene rings is 1. The molecule has 1 heterocycles. The van der Waals surface area contributed by atoms with Gasteiger partial charge in [0.2, 0.25) is 11.8 Å². The monoisotopic (exact) mass is 275 g/mol. The largest absolute Gasteiger partial charge is 0.273 e. The molecule has 0 aliphatic carbocycles. The molecule has 3 nitrogen and oxygen atoms in total. The fourth-order valence-corrected chi connectivity index (χ4v) is 2.72. The average Bonchev–Trinajstić information content (AvgIpc) is 2.21. The Balaban J connectivity index is 2.49. The molecule has 0 radical (unpaired) electrons. The summed E-state index contributed by atoms with van der Waals surface area (Å²) in [5, 5.41) is 0.613. The van der Waals surface area contributed by atoms with Gasteiger partial charge in [0, 0.05) is 0 Å². The Morgan fingerprint density at radius 3 is 2.06 bits per heavy atom. The van der Waals surface area contributed by atoms with Crippen molar-refractivity contribution >= 4 is 52.5 Å². The number of hydrogen-bond donors (Lipinski definition) is 0. The van der Waals surface area contributed by atoms with Crippen LogP contribution in [0.15, 0.2) is 18.2 Å². The number of carbonyl (C=O) groups is 2. The molecule has 0 aromatic heterocycles. The van der Waals surface area contributed by atoms with Crippen LogP contribution in [0, 0.1) is 0 Å². The number of amides is 2. The Labute approximate surface area is 107 Å². The Bertz CT molecular complexity index is 428. The second-order valence-electron chi connectivity index (χ2n) is 3.19. The molecule has 0 spiro atoms. The van der Waals surface area contributed by atoms with E-state index in [1.807, 2.05) is 0 Å². The Morgan fingerprint density at radius 2 is 1.56 bits per heavy atom. The van der Waals surface area contributed by atoms with E-state index in [0.29, 0.717) is 15.7 Å². The van der Waals surface area contributed by atoms with Crippen molar-refractivity contribution < 1.29 is 9.59 Å². The number of rotatable bonds is 1. The molecule has 16 heavy (non-hydrogen) atoms. The first-order valence-electron chi connectivity index (χ1n) is 4.49. The zero-order chi connectivity index (χ0) is 11.7.